The molecule has 0 aliphatic carbocycles. The number of hydrogen-bond donors (Lipinski definition) is 1. The third-order valence-electron chi connectivity index (χ3n) is 5.44. The van der Waals surface area contributed by atoms with Gasteiger partial charge in [-0.3, -0.25) is 19.5 Å². The van der Waals surface area contributed by atoms with E-state index < -0.39 is 4.92 Å². The highest BCUT2D eigenvalue weighted by atomic mass is 32.2. The van der Waals surface area contributed by atoms with Crippen molar-refractivity contribution in [3.63, 3.8) is 0 Å². The fourth-order valence-electron chi connectivity index (χ4n) is 3.58. The molecule has 1 heterocycles. The Bertz CT molecular complexity index is 1490. The minimum absolute atomic E-state index is 0.0103. The molecule has 4 rings (SSSR count). The summed E-state index contributed by atoms with van der Waals surface area (Å²) in [6, 6.07) is 20.8. The lowest BCUT2D eigenvalue weighted by Gasteiger charge is -2.11. The van der Waals surface area contributed by atoms with Gasteiger partial charge < -0.3 is 9.47 Å². The summed E-state index contributed by atoms with van der Waals surface area (Å²) in [7, 11) is 3.12. The summed E-state index contributed by atoms with van der Waals surface area (Å²) >= 11 is 1.17. The number of para-hydroxylation sites is 1. The Hall–Kier alpha value is -4.71. The van der Waals surface area contributed by atoms with Gasteiger partial charge in [0.05, 0.1) is 30.6 Å². The molecule has 0 aliphatic heterocycles. The van der Waals surface area contributed by atoms with Crippen LogP contribution in [0.25, 0.3) is 17.1 Å². The summed E-state index contributed by atoms with van der Waals surface area (Å²) in [4.78, 5) is 23.4. The molecule has 4 aromatic rings. The SMILES string of the molecule is COc1ccc(/C(C)=N\NC(=O)CSc2nnc(-c3cccc([N+](=O)[O-])c3)n2-c2ccccc2)c(OC)c1. The second kappa shape index (κ2) is 12.0. The zero-order valence-electron chi connectivity index (χ0n) is 20.8. The monoisotopic (exact) mass is 532 g/mol. The van der Waals surface area contributed by atoms with Gasteiger partial charge in [0.15, 0.2) is 11.0 Å². The van der Waals surface area contributed by atoms with Crippen LogP contribution in [0.2, 0.25) is 0 Å². The molecule has 0 bridgehead atoms. The van der Waals surface area contributed by atoms with Crippen molar-refractivity contribution in [3.05, 3.63) is 88.5 Å². The molecule has 0 atom stereocenters. The summed E-state index contributed by atoms with van der Waals surface area (Å²) in [5.41, 5.74) is 5.06. The number of hydrogen-bond acceptors (Lipinski definition) is 9. The van der Waals surface area contributed by atoms with E-state index in [9.17, 15) is 14.9 Å². The topological polar surface area (TPSA) is 134 Å². The lowest BCUT2D eigenvalue weighted by atomic mass is 10.1. The van der Waals surface area contributed by atoms with E-state index in [0.717, 1.165) is 5.69 Å². The van der Waals surface area contributed by atoms with Crippen LogP contribution in [-0.4, -0.2) is 51.3 Å². The minimum atomic E-state index is -0.462. The normalized spacial score (nSPS) is 11.2. The van der Waals surface area contributed by atoms with Gasteiger partial charge >= 0.3 is 0 Å². The predicted octanol–water partition coefficient (Wildman–Crippen LogP) is 4.49. The maximum Gasteiger partial charge on any atom is 0.270 e. The first-order valence-corrected chi connectivity index (χ1v) is 12.3. The smallest absolute Gasteiger partial charge is 0.270 e. The van der Waals surface area contributed by atoms with Crippen LogP contribution in [0.4, 0.5) is 5.69 Å². The van der Waals surface area contributed by atoms with E-state index >= 15 is 0 Å². The van der Waals surface area contributed by atoms with Crippen LogP contribution in [0.1, 0.15) is 12.5 Å². The third kappa shape index (κ3) is 5.98. The second-order valence-electron chi connectivity index (χ2n) is 7.87. The Balaban J connectivity index is 1.53. The number of methoxy groups -OCH3 is 2. The quantitative estimate of drug-likeness (QED) is 0.137. The van der Waals surface area contributed by atoms with Gasteiger partial charge in [-0.2, -0.15) is 5.10 Å². The zero-order valence-corrected chi connectivity index (χ0v) is 21.6. The Morgan fingerprint density at radius 1 is 1.05 bits per heavy atom. The molecule has 0 fully saturated rings. The van der Waals surface area contributed by atoms with Crippen molar-refractivity contribution in [2.75, 3.05) is 20.0 Å². The summed E-state index contributed by atoms with van der Waals surface area (Å²) in [5.74, 6) is 1.30. The molecule has 0 aliphatic rings. The molecule has 1 amide bonds. The number of benzene rings is 3. The van der Waals surface area contributed by atoms with Gasteiger partial charge in [0.25, 0.3) is 11.6 Å². The molecule has 11 nitrogen and oxygen atoms in total. The van der Waals surface area contributed by atoms with Crippen molar-refractivity contribution < 1.29 is 19.2 Å². The van der Waals surface area contributed by atoms with Crippen molar-refractivity contribution in [3.8, 4) is 28.6 Å². The van der Waals surface area contributed by atoms with Crippen molar-refractivity contribution in [2.45, 2.75) is 12.1 Å². The minimum Gasteiger partial charge on any atom is -0.497 e. The summed E-state index contributed by atoms with van der Waals surface area (Å²) in [5, 5.41) is 24.5. The predicted molar refractivity (Wildman–Crippen MR) is 144 cm³/mol. The Labute approximate surface area is 222 Å². The van der Waals surface area contributed by atoms with E-state index in [4.69, 9.17) is 9.47 Å². The zero-order chi connectivity index (χ0) is 27.1. The average molecular weight is 533 g/mol. The molecule has 0 spiro atoms. The first-order valence-electron chi connectivity index (χ1n) is 11.3. The number of nitrogens with zero attached hydrogens (tertiary/aromatic N) is 5. The number of nitro groups is 1. The molecule has 0 radical (unpaired) electrons. The van der Waals surface area contributed by atoms with Gasteiger partial charge in [0, 0.05) is 35.0 Å². The van der Waals surface area contributed by atoms with E-state index in [1.165, 1.54) is 23.9 Å². The molecule has 0 saturated heterocycles. The highest BCUT2D eigenvalue weighted by Gasteiger charge is 2.19. The van der Waals surface area contributed by atoms with Gasteiger partial charge in [0.1, 0.15) is 11.5 Å². The first-order chi connectivity index (χ1) is 18.4. The van der Waals surface area contributed by atoms with Gasteiger partial charge in [-0.25, -0.2) is 5.43 Å². The number of aromatic nitrogens is 3. The molecule has 38 heavy (non-hydrogen) atoms. The Morgan fingerprint density at radius 2 is 1.84 bits per heavy atom. The van der Waals surface area contributed by atoms with E-state index in [2.05, 4.69) is 20.7 Å². The molecule has 1 aromatic heterocycles. The van der Waals surface area contributed by atoms with Gasteiger partial charge in [0.2, 0.25) is 0 Å². The average Bonchev–Trinajstić information content (AvgIpc) is 3.39. The standard InChI is InChI=1S/C26H24N6O5S/c1-17(22-13-12-21(36-2)15-23(22)37-3)27-28-24(33)16-38-26-30-29-25(31(26)19-9-5-4-6-10-19)18-8-7-11-20(14-18)32(34)35/h4-15H,16H2,1-3H3,(H,28,33)/b27-17-. The number of nitro benzene ring substituents is 1. The number of amides is 1. The van der Waals surface area contributed by atoms with Crippen LogP contribution < -0.4 is 14.9 Å². The summed E-state index contributed by atoms with van der Waals surface area (Å²) in [6.45, 7) is 1.76. The van der Waals surface area contributed by atoms with E-state index in [1.54, 1.807) is 56.0 Å². The van der Waals surface area contributed by atoms with E-state index in [1.807, 2.05) is 30.3 Å². The molecule has 3 aromatic carbocycles. The largest absolute Gasteiger partial charge is 0.497 e. The maximum absolute atomic E-state index is 12.6. The summed E-state index contributed by atoms with van der Waals surface area (Å²) in [6.07, 6.45) is 0. The number of hydrazone groups is 1. The molecule has 0 saturated carbocycles. The van der Waals surface area contributed by atoms with Crippen molar-refractivity contribution >= 4 is 29.1 Å². The number of rotatable bonds is 10. The summed E-state index contributed by atoms with van der Waals surface area (Å²) < 4.78 is 12.4. The van der Waals surface area contributed by atoms with Crippen LogP contribution in [-0.2, 0) is 4.79 Å². The van der Waals surface area contributed by atoms with Crippen LogP contribution >= 0.6 is 11.8 Å². The molecular formula is C26H24N6O5S. The van der Waals surface area contributed by atoms with Crippen molar-refractivity contribution in [1.29, 1.82) is 0 Å². The van der Waals surface area contributed by atoms with Crippen LogP contribution in [0, 0.1) is 10.1 Å². The molecule has 194 valence electrons. The van der Waals surface area contributed by atoms with Crippen molar-refractivity contribution in [1.82, 2.24) is 20.2 Å². The lowest BCUT2D eigenvalue weighted by molar-refractivity contribution is -0.384. The maximum atomic E-state index is 12.6. The second-order valence-corrected chi connectivity index (χ2v) is 8.81. The molecular weight excluding hydrogens is 508 g/mol. The fourth-order valence-corrected chi connectivity index (χ4v) is 4.33. The van der Waals surface area contributed by atoms with Crippen LogP contribution in [0.3, 0.4) is 0 Å². The number of non-ortho nitro benzene ring substituents is 1. The van der Waals surface area contributed by atoms with E-state index in [-0.39, 0.29) is 17.3 Å². The first kappa shape index (κ1) is 26.4. The van der Waals surface area contributed by atoms with Gasteiger partial charge in [-0.05, 0) is 31.2 Å². The highest BCUT2D eigenvalue weighted by molar-refractivity contribution is 7.99. The van der Waals surface area contributed by atoms with E-state index in [0.29, 0.717) is 39.3 Å². The Morgan fingerprint density at radius 3 is 2.55 bits per heavy atom. The number of thioether (sulfide) groups is 1. The molecule has 1 N–H and O–H groups in total. The number of nitrogens with one attached hydrogen (secondary N) is 1. The number of carbonyl (C=O) groups excluding carboxylic acids is 1. The van der Waals surface area contributed by atoms with Crippen molar-refractivity contribution in [2.24, 2.45) is 5.10 Å². The lowest BCUT2D eigenvalue weighted by Crippen LogP contribution is -2.21. The Kier molecular flexibility index (Phi) is 8.34. The molecule has 12 heteroatoms. The number of ether oxygens (including phenoxy) is 2. The van der Waals surface area contributed by atoms with Gasteiger partial charge in [-0.1, -0.05) is 42.1 Å². The van der Waals surface area contributed by atoms with Crippen LogP contribution in [0.15, 0.2) is 83.1 Å². The van der Waals surface area contributed by atoms with Gasteiger partial charge in [-0.15, -0.1) is 10.2 Å². The highest BCUT2D eigenvalue weighted by Crippen LogP contribution is 2.30. The van der Waals surface area contributed by atoms with Crippen LogP contribution in [0.5, 0.6) is 11.5 Å². The molecule has 0 unspecified atom stereocenters. The fraction of sp³-hybridized carbons (Fsp3) is 0.154. The third-order valence-corrected chi connectivity index (χ3v) is 6.37. The number of carbonyl (C=O) groups is 1.